The number of carbonyl (C=O) groups is 2. The predicted molar refractivity (Wildman–Crippen MR) is 88.5 cm³/mol. The second kappa shape index (κ2) is 5.55. The second-order valence-electron chi connectivity index (χ2n) is 4.56. The van der Waals surface area contributed by atoms with Gasteiger partial charge in [-0.2, -0.15) is 0 Å². The minimum atomic E-state index is -0.203. The highest BCUT2D eigenvalue weighted by molar-refractivity contribution is 9.11. The van der Waals surface area contributed by atoms with Crippen LogP contribution in [-0.2, 0) is 4.79 Å². The minimum absolute atomic E-state index is 0.0358. The van der Waals surface area contributed by atoms with Crippen LogP contribution in [-0.4, -0.2) is 18.3 Å². The number of nitrogens with one attached hydrogen (secondary N) is 1. The van der Waals surface area contributed by atoms with Crippen molar-refractivity contribution in [2.24, 2.45) is 0 Å². The van der Waals surface area contributed by atoms with E-state index in [0.717, 1.165) is 9.35 Å². The molecule has 1 aliphatic rings. The van der Waals surface area contributed by atoms with Crippen LogP contribution < -0.4 is 10.1 Å². The first kappa shape index (κ1) is 14.7. The van der Waals surface area contributed by atoms with Gasteiger partial charge in [0.2, 0.25) is 5.78 Å². The molecule has 1 N–H and O–H groups in total. The third-order valence-corrected chi connectivity index (χ3v) is 5.82. The summed E-state index contributed by atoms with van der Waals surface area (Å²) in [6.07, 6.45) is 0. The molecular formula is C14H9Br2NO3S. The maximum atomic E-state index is 12.6. The molecule has 0 fully saturated rings. The zero-order valence-electron chi connectivity index (χ0n) is 10.8. The monoisotopic (exact) mass is 429 g/mol. The predicted octanol–water partition coefficient (Wildman–Crippen LogP) is 4.14. The molecule has 2 heterocycles. The van der Waals surface area contributed by atoms with Gasteiger partial charge in [-0.1, -0.05) is 0 Å². The van der Waals surface area contributed by atoms with Crippen LogP contribution in [0.15, 0.2) is 26.5 Å². The van der Waals surface area contributed by atoms with Crippen LogP contribution in [0.25, 0.3) is 0 Å². The topological polar surface area (TPSA) is 55.4 Å². The Hall–Kier alpha value is -1.18. The van der Waals surface area contributed by atoms with Crippen LogP contribution in [0.3, 0.4) is 0 Å². The average Bonchev–Trinajstić information content (AvgIpc) is 2.77. The number of ketones is 1. The molecule has 0 radical (unpaired) electrons. The largest absolute Gasteiger partial charge is 0.482 e. The normalized spacial score (nSPS) is 13.4. The first-order valence-electron chi connectivity index (χ1n) is 6.02. The van der Waals surface area contributed by atoms with Crippen molar-refractivity contribution in [2.75, 3.05) is 11.9 Å². The van der Waals surface area contributed by atoms with Crippen LogP contribution >= 0.6 is 43.2 Å². The van der Waals surface area contributed by atoms with E-state index in [9.17, 15) is 9.59 Å². The highest BCUT2D eigenvalue weighted by Gasteiger charge is 2.22. The van der Waals surface area contributed by atoms with E-state index in [-0.39, 0.29) is 18.3 Å². The number of halogens is 2. The lowest BCUT2D eigenvalue weighted by Crippen LogP contribution is -2.25. The molecule has 1 amide bonds. The van der Waals surface area contributed by atoms with Gasteiger partial charge in [0.25, 0.3) is 5.91 Å². The number of hydrogen-bond donors (Lipinski definition) is 1. The van der Waals surface area contributed by atoms with E-state index < -0.39 is 0 Å². The molecule has 7 heteroatoms. The number of benzene rings is 1. The Morgan fingerprint density at radius 3 is 2.76 bits per heavy atom. The SMILES string of the molecule is Cc1cc(C(=O)c2cc3c(cc2Br)NC(=O)CO3)sc1Br. The van der Waals surface area contributed by atoms with Gasteiger partial charge < -0.3 is 10.1 Å². The second-order valence-corrected chi connectivity index (χ2v) is 7.79. The molecule has 0 aliphatic carbocycles. The van der Waals surface area contributed by atoms with Gasteiger partial charge >= 0.3 is 0 Å². The Kier molecular flexibility index (Phi) is 3.90. The summed E-state index contributed by atoms with van der Waals surface area (Å²) in [5.41, 5.74) is 2.11. The number of anilines is 1. The summed E-state index contributed by atoms with van der Waals surface area (Å²) in [5, 5.41) is 2.71. The molecule has 1 aromatic heterocycles. The fourth-order valence-electron chi connectivity index (χ4n) is 1.98. The van der Waals surface area contributed by atoms with E-state index in [1.165, 1.54) is 11.3 Å². The highest BCUT2D eigenvalue weighted by Crippen LogP contribution is 2.36. The number of thiophene rings is 1. The molecule has 21 heavy (non-hydrogen) atoms. The Morgan fingerprint density at radius 2 is 2.10 bits per heavy atom. The van der Waals surface area contributed by atoms with Crippen LogP contribution in [0, 0.1) is 6.92 Å². The zero-order chi connectivity index (χ0) is 15.1. The van der Waals surface area contributed by atoms with Gasteiger partial charge in [0.05, 0.1) is 14.4 Å². The van der Waals surface area contributed by atoms with E-state index >= 15 is 0 Å². The number of fused-ring (bicyclic) bond motifs is 1. The summed E-state index contributed by atoms with van der Waals surface area (Å²) in [5.74, 6) is 0.226. The fourth-order valence-corrected chi connectivity index (χ4v) is 3.99. The average molecular weight is 431 g/mol. The molecule has 2 aromatic rings. The minimum Gasteiger partial charge on any atom is -0.482 e. The molecule has 4 nitrogen and oxygen atoms in total. The van der Waals surface area contributed by atoms with Crippen molar-refractivity contribution in [3.63, 3.8) is 0 Å². The third kappa shape index (κ3) is 2.77. The number of amides is 1. The molecule has 1 aromatic carbocycles. The Bertz CT molecular complexity index is 750. The summed E-state index contributed by atoms with van der Waals surface area (Å²) in [4.78, 5) is 24.5. The lowest BCUT2D eigenvalue weighted by atomic mass is 10.1. The quantitative estimate of drug-likeness (QED) is 0.728. The van der Waals surface area contributed by atoms with E-state index in [0.29, 0.717) is 26.4 Å². The van der Waals surface area contributed by atoms with Crippen molar-refractivity contribution in [2.45, 2.75) is 6.92 Å². The molecule has 0 spiro atoms. The van der Waals surface area contributed by atoms with Crippen molar-refractivity contribution < 1.29 is 14.3 Å². The van der Waals surface area contributed by atoms with E-state index in [1.807, 2.05) is 13.0 Å². The zero-order valence-corrected chi connectivity index (χ0v) is 14.8. The Labute approximate surface area is 141 Å². The third-order valence-electron chi connectivity index (χ3n) is 3.03. The first-order valence-corrected chi connectivity index (χ1v) is 8.43. The maximum Gasteiger partial charge on any atom is 0.262 e. The number of carbonyl (C=O) groups excluding carboxylic acids is 2. The standard InChI is InChI=1S/C14H9Br2NO3S/c1-6-2-11(21-14(6)16)13(19)7-3-10-9(4-8(7)15)17-12(18)5-20-10/h2-4H,5H2,1H3,(H,17,18). The molecule has 0 atom stereocenters. The number of rotatable bonds is 2. The number of aryl methyl sites for hydroxylation is 1. The number of ether oxygens (including phenoxy) is 1. The Morgan fingerprint density at radius 1 is 1.33 bits per heavy atom. The van der Waals surface area contributed by atoms with Crippen molar-refractivity contribution in [1.82, 2.24) is 0 Å². The molecule has 0 bridgehead atoms. The van der Waals surface area contributed by atoms with Gasteiger partial charge in [-0.3, -0.25) is 9.59 Å². The molecule has 0 saturated carbocycles. The summed E-state index contributed by atoms with van der Waals surface area (Å²) in [6, 6.07) is 5.20. The Balaban J connectivity index is 2.02. The number of hydrogen-bond acceptors (Lipinski definition) is 4. The molecule has 0 saturated heterocycles. The lowest BCUT2D eigenvalue weighted by Gasteiger charge is -2.19. The lowest BCUT2D eigenvalue weighted by molar-refractivity contribution is -0.118. The molecule has 3 rings (SSSR count). The van der Waals surface area contributed by atoms with Crippen molar-refractivity contribution in [3.05, 3.63) is 42.5 Å². The summed E-state index contributed by atoms with van der Waals surface area (Å²) in [7, 11) is 0. The summed E-state index contributed by atoms with van der Waals surface area (Å²) < 4.78 is 6.93. The van der Waals surface area contributed by atoms with Crippen LogP contribution in [0.2, 0.25) is 0 Å². The van der Waals surface area contributed by atoms with Crippen LogP contribution in [0.5, 0.6) is 5.75 Å². The summed E-state index contributed by atoms with van der Waals surface area (Å²) in [6.45, 7) is 1.91. The summed E-state index contributed by atoms with van der Waals surface area (Å²) >= 11 is 8.21. The van der Waals surface area contributed by atoms with Crippen molar-refractivity contribution in [1.29, 1.82) is 0 Å². The van der Waals surface area contributed by atoms with Crippen LogP contribution in [0.1, 0.15) is 20.8 Å². The fraction of sp³-hybridized carbons (Fsp3) is 0.143. The van der Waals surface area contributed by atoms with Crippen LogP contribution in [0.4, 0.5) is 5.69 Å². The molecule has 0 unspecified atom stereocenters. The smallest absolute Gasteiger partial charge is 0.262 e. The van der Waals surface area contributed by atoms with Crippen molar-refractivity contribution in [3.8, 4) is 5.75 Å². The van der Waals surface area contributed by atoms with Gasteiger partial charge in [-0.25, -0.2) is 0 Å². The van der Waals surface area contributed by atoms with Gasteiger partial charge in [-0.05, 0) is 62.5 Å². The molecular weight excluding hydrogens is 422 g/mol. The first-order chi connectivity index (χ1) is 9.95. The van der Waals surface area contributed by atoms with Gasteiger partial charge in [0.15, 0.2) is 6.61 Å². The highest BCUT2D eigenvalue weighted by atomic mass is 79.9. The van der Waals surface area contributed by atoms with Gasteiger partial charge in [-0.15, -0.1) is 11.3 Å². The van der Waals surface area contributed by atoms with Crippen molar-refractivity contribution >= 4 is 60.6 Å². The maximum absolute atomic E-state index is 12.6. The van der Waals surface area contributed by atoms with Gasteiger partial charge in [0.1, 0.15) is 5.75 Å². The van der Waals surface area contributed by atoms with E-state index in [4.69, 9.17) is 4.74 Å². The molecule has 1 aliphatic heterocycles. The van der Waals surface area contributed by atoms with E-state index in [1.54, 1.807) is 12.1 Å². The van der Waals surface area contributed by atoms with Gasteiger partial charge in [0, 0.05) is 10.0 Å². The van der Waals surface area contributed by atoms with E-state index in [2.05, 4.69) is 37.2 Å². The molecule has 108 valence electrons.